The molecule has 7 heteroatoms. The summed E-state index contributed by atoms with van der Waals surface area (Å²) in [6.07, 6.45) is 1.56. The number of carbonyl (C=O) groups is 1. The quantitative estimate of drug-likeness (QED) is 0.465. The molecule has 0 spiro atoms. The number of fused-ring (bicyclic) bond motifs is 1. The highest BCUT2D eigenvalue weighted by Crippen LogP contribution is 2.38. The minimum atomic E-state index is -3.63. The Bertz CT molecular complexity index is 579. The Morgan fingerprint density at radius 2 is 2.06 bits per heavy atom. The van der Waals surface area contributed by atoms with E-state index in [-0.39, 0.29) is 23.2 Å². The van der Waals surface area contributed by atoms with Gasteiger partial charge in [0, 0.05) is 5.56 Å². The number of esters is 1. The van der Waals surface area contributed by atoms with Gasteiger partial charge in [0.1, 0.15) is 5.75 Å². The summed E-state index contributed by atoms with van der Waals surface area (Å²) in [6.45, 7) is 0. The molecule has 5 nitrogen and oxygen atoms in total. The maximum absolute atomic E-state index is 11.1. The minimum absolute atomic E-state index is 0.0471. The van der Waals surface area contributed by atoms with Gasteiger partial charge in [-0.3, -0.25) is 4.79 Å². The van der Waals surface area contributed by atoms with Gasteiger partial charge in [-0.2, -0.15) is 8.42 Å². The molecule has 0 N–H and O–H groups in total. The van der Waals surface area contributed by atoms with Crippen molar-refractivity contribution >= 4 is 27.7 Å². The van der Waals surface area contributed by atoms with Crippen molar-refractivity contribution in [2.45, 2.75) is 12.8 Å². The van der Waals surface area contributed by atoms with Crippen LogP contribution in [0.25, 0.3) is 0 Å². The average molecular weight is 277 g/mol. The Morgan fingerprint density at radius 1 is 1.35 bits per heavy atom. The molecule has 0 saturated carbocycles. The van der Waals surface area contributed by atoms with E-state index in [2.05, 4.69) is 0 Å². The van der Waals surface area contributed by atoms with Crippen LogP contribution in [0.2, 0.25) is 5.02 Å². The van der Waals surface area contributed by atoms with Gasteiger partial charge in [-0.05, 0) is 18.6 Å². The van der Waals surface area contributed by atoms with E-state index in [1.807, 2.05) is 0 Å². The Hall–Kier alpha value is -1.27. The van der Waals surface area contributed by atoms with Crippen molar-refractivity contribution in [3.63, 3.8) is 0 Å². The van der Waals surface area contributed by atoms with Gasteiger partial charge in [-0.1, -0.05) is 11.6 Å². The summed E-state index contributed by atoms with van der Waals surface area (Å²) in [5.41, 5.74) is 0.590. The van der Waals surface area contributed by atoms with Gasteiger partial charge in [0.2, 0.25) is 0 Å². The maximum atomic E-state index is 11.1. The Labute approximate surface area is 103 Å². The van der Waals surface area contributed by atoms with Crippen LogP contribution in [0.15, 0.2) is 12.1 Å². The van der Waals surface area contributed by atoms with Crippen molar-refractivity contribution in [3.8, 4) is 11.5 Å². The number of halogens is 1. The molecule has 17 heavy (non-hydrogen) atoms. The number of carbonyl (C=O) groups excluding carboxylic acids is 1. The monoisotopic (exact) mass is 276 g/mol. The van der Waals surface area contributed by atoms with Crippen LogP contribution in [0, 0.1) is 0 Å². The molecule has 1 aliphatic rings. The van der Waals surface area contributed by atoms with Crippen molar-refractivity contribution in [2.75, 3.05) is 6.26 Å². The number of rotatable bonds is 2. The summed E-state index contributed by atoms with van der Waals surface area (Å²) >= 11 is 6.00. The third kappa shape index (κ3) is 2.70. The van der Waals surface area contributed by atoms with E-state index in [0.717, 1.165) is 6.26 Å². The first-order valence-electron chi connectivity index (χ1n) is 4.78. The molecular formula is C10H9ClO5S. The summed E-state index contributed by atoms with van der Waals surface area (Å²) in [7, 11) is -3.63. The molecule has 0 bridgehead atoms. The Balaban J connectivity index is 2.43. The molecule has 92 valence electrons. The summed E-state index contributed by atoms with van der Waals surface area (Å²) in [5, 5.41) is 0.167. The zero-order chi connectivity index (χ0) is 12.6. The lowest BCUT2D eigenvalue weighted by molar-refractivity contribution is -0.135. The number of benzene rings is 1. The predicted octanol–water partition coefficient (Wildman–Crippen LogP) is 1.53. The fourth-order valence-corrected chi connectivity index (χ4v) is 2.34. The van der Waals surface area contributed by atoms with Crippen LogP contribution in [-0.4, -0.2) is 20.6 Å². The summed E-state index contributed by atoms with van der Waals surface area (Å²) in [6, 6.07) is 2.83. The van der Waals surface area contributed by atoms with E-state index in [1.165, 1.54) is 12.1 Å². The molecule has 1 aliphatic heterocycles. The van der Waals surface area contributed by atoms with Crippen LogP contribution < -0.4 is 8.92 Å². The normalized spacial score (nSPS) is 15.1. The molecule has 0 fully saturated rings. The lowest BCUT2D eigenvalue weighted by Gasteiger charge is -2.18. The first-order chi connectivity index (χ1) is 7.87. The van der Waals surface area contributed by atoms with Crippen molar-refractivity contribution in [1.29, 1.82) is 0 Å². The lowest BCUT2D eigenvalue weighted by atomic mass is 10.1. The van der Waals surface area contributed by atoms with Gasteiger partial charge < -0.3 is 8.92 Å². The van der Waals surface area contributed by atoms with Gasteiger partial charge in [0.25, 0.3) is 0 Å². The van der Waals surface area contributed by atoms with Gasteiger partial charge in [0.15, 0.2) is 5.75 Å². The second-order valence-electron chi connectivity index (χ2n) is 3.62. The molecule has 0 unspecified atom stereocenters. The topological polar surface area (TPSA) is 69.7 Å². The molecule has 1 aromatic rings. The number of ether oxygens (including phenoxy) is 1. The van der Waals surface area contributed by atoms with Gasteiger partial charge in [-0.15, -0.1) is 0 Å². The molecule has 0 amide bonds. The third-order valence-corrected chi connectivity index (χ3v) is 3.11. The van der Waals surface area contributed by atoms with Crippen LogP contribution in [0.5, 0.6) is 11.5 Å². The SMILES string of the molecule is CS(=O)(=O)Oc1ccc2c(c1Cl)CCC(=O)O2. The molecular weight excluding hydrogens is 268 g/mol. The van der Waals surface area contributed by atoms with Crippen molar-refractivity contribution in [2.24, 2.45) is 0 Å². The van der Waals surface area contributed by atoms with Crippen LogP contribution in [-0.2, 0) is 21.3 Å². The summed E-state index contributed by atoms with van der Waals surface area (Å²) < 4.78 is 31.7. The molecule has 0 saturated heterocycles. The van der Waals surface area contributed by atoms with Gasteiger partial charge in [-0.25, -0.2) is 0 Å². The van der Waals surface area contributed by atoms with E-state index in [9.17, 15) is 13.2 Å². The first kappa shape index (κ1) is 12.2. The van der Waals surface area contributed by atoms with Crippen molar-refractivity contribution in [3.05, 3.63) is 22.7 Å². The predicted molar refractivity (Wildman–Crippen MR) is 60.9 cm³/mol. The highest BCUT2D eigenvalue weighted by molar-refractivity contribution is 7.86. The maximum Gasteiger partial charge on any atom is 0.311 e. The smallest absolute Gasteiger partial charge is 0.311 e. The van der Waals surface area contributed by atoms with E-state index in [1.54, 1.807) is 0 Å². The third-order valence-electron chi connectivity index (χ3n) is 2.21. The molecule has 1 aromatic carbocycles. The van der Waals surface area contributed by atoms with Crippen LogP contribution in [0.3, 0.4) is 0 Å². The number of hydrogen-bond donors (Lipinski definition) is 0. The molecule has 2 rings (SSSR count). The average Bonchev–Trinajstić information content (AvgIpc) is 2.20. The summed E-state index contributed by atoms with van der Waals surface area (Å²) in [5.74, 6) is 0.0725. The second kappa shape index (κ2) is 4.19. The van der Waals surface area contributed by atoms with Crippen molar-refractivity contribution < 1.29 is 22.1 Å². The standard InChI is InChI=1S/C10H9ClO5S/c1-17(13,14)16-8-4-3-7-6(10(8)11)2-5-9(12)15-7/h3-4H,2,5H2,1H3. The first-order valence-corrected chi connectivity index (χ1v) is 6.98. The summed E-state index contributed by atoms with van der Waals surface area (Å²) in [4.78, 5) is 11.1. The lowest BCUT2D eigenvalue weighted by Crippen LogP contribution is -2.16. The van der Waals surface area contributed by atoms with Crippen LogP contribution in [0.4, 0.5) is 0 Å². The zero-order valence-corrected chi connectivity index (χ0v) is 10.5. The molecule has 0 aromatic heterocycles. The van der Waals surface area contributed by atoms with Crippen LogP contribution >= 0.6 is 11.6 Å². The number of hydrogen-bond acceptors (Lipinski definition) is 5. The fourth-order valence-electron chi connectivity index (χ4n) is 1.54. The Kier molecular flexibility index (Phi) is 3.01. The van der Waals surface area contributed by atoms with E-state index in [0.29, 0.717) is 17.7 Å². The zero-order valence-electron chi connectivity index (χ0n) is 8.90. The fraction of sp³-hybridized carbons (Fsp3) is 0.300. The second-order valence-corrected chi connectivity index (χ2v) is 5.57. The minimum Gasteiger partial charge on any atom is -0.426 e. The highest BCUT2D eigenvalue weighted by atomic mass is 35.5. The van der Waals surface area contributed by atoms with E-state index in [4.69, 9.17) is 20.5 Å². The molecule has 0 atom stereocenters. The van der Waals surface area contributed by atoms with Crippen LogP contribution in [0.1, 0.15) is 12.0 Å². The highest BCUT2D eigenvalue weighted by Gasteiger charge is 2.23. The van der Waals surface area contributed by atoms with Crippen molar-refractivity contribution in [1.82, 2.24) is 0 Å². The van der Waals surface area contributed by atoms with E-state index < -0.39 is 10.1 Å². The van der Waals surface area contributed by atoms with E-state index >= 15 is 0 Å². The largest absolute Gasteiger partial charge is 0.426 e. The van der Waals surface area contributed by atoms with Gasteiger partial charge in [0.05, 0.1) is 17.7 Å². The molecule has 0 aliphatic carbocycles. The molecule has 0 radical (unpaired) electrons. The van der Waals surface area contributed by atoms with Gasteiger partial charge >= 0.3 is 16.1 Å². The Morgan fingerprint density at radius 3 is 2.71 bits per heavy atom. The molecule has 1 heterocycles.